The number of ether oxygens (including phenoxy) is 1. The number of aromatic nitrogens is 2. The summed E-state index contributed by atoms with van der Waals surface area (Å²) in [6.45, 7) is 2.48. The Morgan fingerprint density at radius 2 is 1.80 bits per heavy atom. The fourth-order valence-corrected chi connectivity index (χ4v) is 3.06. The summed E-state index contributed by atoms with van der Waals surface area (Å²) in [6, 6.07) is 17.5. The number of hydrogen-bond donors (Lipinski definition) is 1. The van der Waals surface area contributed by atoms with Crippen LogP contribution in [0.25, 0.3) is 11.0 Å². The molecule has 0 saturated carbocycles. The van der Waals surface area contributed by atoms with Crippen LogP contribution in [-0.2, 0) is 11.8 Å². The van der Waals surface area contributed by atoms with Crippen molar-refractivity contribution in [1.82, 2.24) is 14.9 Å². The second kappa shape index (κ2) is 7.59. The molecule has 5 nitrogen and oxygen atoms in total. The highest BCUT2D eigenvalue weighted by molar-refractivity contribution is 5.74. The van der Waals surface area contributed by atoms with E-state index < -0.39 is 0 Å². The van der Waals surface area contributed by atoms with Crippen LogP contribution in [0, 0.1) is 0 Å². The quantitative estimate of drug-likeness (QED) is 0.751. The monoisotopic (exact) mass is 337 g/mol. The Bertz CT molecular complexity index is 906. The van der Waals surface area contributed by atoms with Gasteiger partial charge in [-0.1, -0.05) is 42.5 Å². The molecule has 1 heterocycles. The fourth-order valence-electron chi connectivity index (χ4n) is 3.06. The summed E-state index contributed by atoms with van der Waals surface area (Å²) in [6.07, 6.45) is 0. The van der Waals surface area contributed by atoms with Crippen molar-refractivity contribution in [1.29, 1.82) is 0 Å². The molecule has 0 unspecified atom stereocenters. The largest absolute Gasteiger partial charge is 0.383 e. The van der Waals surface area contributed by atoms with Crippen molar-refractivity contribution in [2.45, 2.75) is 19.0 Å². The first kappa shape index (κ1) is 17.3. The molecule has 2 aromatic carbocycles. The van der Waals surface area contributed by atoms with Crippen molar-refractivity contribution in [2.24, 2.45) is 7.05 Å². The van der Waals surface area contributed by atoms with Gasteiger partial charge in [-0.3, -0.25) is 10.1 Å². The van der Waals surface area contributed by atoms with Crippen molar-refractivity contribution in [3.05, 3.63) is 76.2 Å². The number of fused-ring (bicyclic) bond motifs is 1. The van der Waals surface area contributed by atoms with Crippen LogP contribution in [0.4, 0.5) is 0 Å². The van der Waals surface area contributed by atoms with Gasteiger partial charge in [0, 0.05) is 14.2 Å². The molecule has 0 radical (unpaired) electrons. The van der Waals surface area contributed by atoms with Crippen LogP contribution >= 0.6 is 0 Å². The van der Waals surface area contributed by atoms with Gasteiger partial charge in [-0.05, 0) is 24.6 Å². The average molecular weight is 337 g/mol. The van der Waals surface area contributed by atoms with Crippen LogP contribution in [0.2, 0.25) is 0 Å². The zero-order valence-electron chi connectivity index (χ0n) is 14.8. The van der Waals surface area contributed by atoms with Crippen LogP contribution in [0.15, 0.2) is 59.4 Å². The van der Waals surface area contributed by atoms with Crippen molar-refractivity contribution in [2.75, 3.05) is 13.7 Å². The molecular formula is C20H23N3O2. The minimum atomic E-state index is -0.205. The molecule has 0 aliphatic heterocycles. The van der Waals surface area contributed by atoms with E-state index in [9.17, 15) is 4.79 Å². The highest BCUT2D eigenvalue weighted by Crippen LogP contribution is 2.19. The van der Waals surface area contributed by atoms with Gasteiger partial charge < -0.3 is 9.30 Å². The zero-order chi connectivity index (χ0) is 17.8. The molecule has 25 heavy (non-hydrogen) atoms. The van der Waals surface area contributed by atoms with Gasteiger partial charge in [0.05, 0.1) is 29.7 Å². The molecule has 0 saturated heterocycles. The van der Waals surface area contributed by atoms with Crippen LogP contribution in [0.3, 0.4) is 0 Å². The molecule has 1 N–H and O–H groups in total. The fraction of sp³-hybridized carbons (Fsp3) is 0.300. The third kappa shape index (κ3) is 3.62. The summed E-state index contributed by atoms with van der Waals surface area (Å²) in [5.74, 6) is 0. The Labute approximate surface area is 147 Å². The van der Waals surface area contributed by atoms with Crippen LogP contribution in [0.5, 0.6) is 0 Å². The average Bonchev–Trinajstić information content (AvgIpc) is 2.65. The van der Waals surface area contributed by atoms with Gasteiger partial charge in [0.2, 0.25) is 0 Å². The number of nitrogens with zero attached hydrogens (tertiary/aromatic N) is 2. The number of para-hydroxylation sites is 2. The van der Waals surface area contributed by atoms with Gasteiger partial charge in [0.15, 0.2) is 0 Å². The van der Waals surface area contributed by atoms with E-state index in [1.165, 1.54) is 0 Å². The Hall–Kier alpha value is -2.50. The SMILES string of the molecule is COC[C@@H](N[C@@H](C)c1nc2ccccc2n(C)c1=O)c1ccccc1. The minimum Gasteiger partial charge on any atom is -0.383 e. The topological polar surface area (TPSA) is 56.1 Å². The Morgan fingerprint density at radius 3 is 2.52 bits per heavy atom. The van der Waals surface area contributed by atoms with Crippen molar-refractivity contribution < 1.29 is 4.74 Å². The molecule has 0 aliphatic carbocycles. The van der Waals surface area contributed by atoms with E-state index >= 15 is 0 Å². The maximum Gasteiger partial charge on any atom is 0.274 e. The van der Waals surface area contributed by atoms with Crippen molar-refractivity contribution in [3.63, 3.8) is 0 Å². The Kier molecular flexibility index (Phi) is 5.26. The minimum absolute atomic E-state index is 0.0147. The Balaban J connectivity index is 1.94. The van der Waals surface area contributed by atoms with Crippen LogP contribution in [-0.4, -0.2) is 23.3 Å². The Morgan fingerprint density at radius 1 is 1.12 bits per heavy atom. The number of benzene rings is 2. The molecule has 3 rings (SSSR count). The summed E-state index contributed by atoms with van der Waals surface area (Å²) in [7, 11) is 3.46. The third-order valence-corrected chi connectivity index (χ3v) is 4.40. The number of aryl methyl sites for hydroxylation is 1. The van der Waals surface area contributed by atoms with E-state index in [-0.39, 0.29) is 17.6 Å². The van der Waals surface area contributed by atoms with Crippen LogP contribution < -0.4 is 10.9 Å². The van der Waals surface area contributed by atoms with E-state index in [1.807, 2.05) is 49.4 Å². The molecule has 0 fully saturated rings. The lowest BCUT2D eigenvalue weighted by Gasteiger charge is -2.23. The molecule has 130 valence electrons. The smallest absolute Gasteiger partial charge is 0.274 e. The second-order valence-corrected chi connectivity index (χ2v) is 6.16. The van der Waals surface area contributed by atoms with Gasteiger partial charge in [-0.15, -0.1) is 0 Å². The summed E-state index contributed by atoms with van der Waals surface area (Å²) in [4.78, 5) is 17.3. The highest BCUT2D eigenvalue weighted by Gasteiger charge is 2.20. The third-order valence-electron chi connectivity index (χ3n) is 4.40. The first-order valence-electron chi connectivity index (χ1n) is 8.37. The van der Waals surface area contributed by atoms with Gasteiger partial charge in [0.1, 0.15) is 5.69 Å². The first-order valence-corrected chi connectivity index (χ1v) is 8.37. The molecule has 0 spiro atoms. The highest BCUT2D eigenvalue weighted by atomic mass is 16.5. The maximum atomic E-state index is 12.7. The molecule has 2 atom stereocenters. The molecule has 0 aliphatic rings. The summed E-state index contributed by atoms with van der Waals surface area (Å²) in [5.41, 5.74) is 3.20. The van der Waals surface area contributed by atoms with E-state index in [2.05, 4.69) is 22.4 Å². The lowest BCUT2D eigenvalue weighted by atomic mass is 10.1. The molecular weight excluding hydrogens is 314 g/mol. The summed E-state index contributed by atoms with van der Waals surface area (Å²) in [5, 5.41) is 3.48. The van der Waals surface area contributed by atoms with Crippen molar-refractivity contribution >= 4 is 11.0 Å². The molecule has 0 amide bonds. The van der Waals surface area contributed by atoms with Gasteiger partial charge >= 0.3 is 0 Å². The maximum absolute atomic E-state index is 12.7. The number of nitrogens with one attached hydrogen (secondary N) is 1. The lowest BCUT2D eigenvalue weighted by Crippen LogP contribution is -2.34. The van der Waals surface area contributed by atoms with Gasteiger partial charge in [-0.2, -0.15) is 0 Å². The lowest BCUT2D eigenvalue weighted by molar-refractivity contribution is 0.161. The molecule has 1 aromatic heterocycles. The van der Waals surface area contributed by atoms with Gasteiger partial charge in [0.25, 0.3) is 5.56 Å². The van der Waals surface area contributed by atoms with E-state index in [4.69, 9.17) is 4.74 Å². The second-order valence-electron chi connectivity index (χ2n) is 6.16. The molecule has 5 heteroatoms. The standard InChI is InChI=1S/C20H23N3O2/c1-14(21-17(13-25-3)15-9-5-4-6-10-15)19-20(24)23(2)18-12-8-7-11-16(18)22-19/h4-12,14,17,21H,13H2,1-3H3/t14-,17+/m0/s1. The number of hydrogen-bond acceptors (Lipinski definition) is 4. The van der Waals surface area contributed by atoms with E-state index in [0.717, 1.165) is 16.6 Å². The molecule has 3 aromatic rings. The number of methoxy groups -OCH3 is 1. The summed E-state index contributed by atoms with van der Waals surface area (Å²) < 4.78 is 7.01. The molecule has 0 bridgehead atoms. The normalized spacial score (nSPS) is 13.7. The van der Waals surface area contributed by atoms with Crippen LogP contribution in [0.1, 0.15) is 30.3 Å². The van der Waals surface area contributed by atoms with E-state index in [1.54, 1.807) is 18.7 Å². The predicted octanol–water partition coefficient (Wildman–Crippen LogP) is 2.97. The summed E-state index contributed by atoms with van der Waals surface area (Å²) >= 11 is 0. The zero-order valence-corrected chi connectivity index (χ0v) is 14.8. The van der Waals surface area contributed by atoms with E-state index in [0.29, 0.717) is 12.3 Å². The predicted molar refractivity (Wildman–Crippen MR) is 99.6 cm³/mol. The van der Waals surface area contributed by atoms with Crippen molar-refractivity contribution in [3.8, 4) is 0 Å². The van der Waals surface area contributed by atoms with Gasteiger partial charge in [-0.25, -0.2) is 4.98 Å². The number of rotatable bonds is 6. The first-order chi connectivity index (χ1) is 12.1.